The molecule has 0 bridgehead atoms. The Bertz CT molecular complexity index is 1100. The Morgan fingerprint density at radius 1 is 1.17 bits per heavy atom. The minimum atomic E-state index is -1.15. The van der Waals surface area contributed by atoms with Crippen LogP contribution in [0.15, 0.2) is 18.2 Å². The molecule has 0 aliphatic carbocycles. The molecule has 0 spiro atoms. The summed E-state index contributed by atoms with van der Waals surface area (Å²) in [6.45, 7) is 4.71. The first-order valence-corrected chi connectivity index (χ1v) is 8.73. The molecule has 0 saturated carbocycles. The van der Waals surface area contributed by atoms with E-state index in [4.69, 9.17) is 5.11 Å². The Morgan fingerprint density at radius 3 is 2.48 bits per heavy atom. The number of aromatic nitrogens is 1. The number of aryl methyl sites for hydroxylation is 1. The molecule has 9 nitrogen and oxygen atoms in total. The number of carbonyl (C=O) groups is 4. The van der Waals surface area contributed by atoms with Gasteiger partial charge in [-0.3, -0.25) is 14.4 Å². The Labute approximate surface area is 165 Å². The third-order valence-corrected chi connectivity index (χ3v) is 4.76. The number of benzene rings is 1. The molecule has 150 valence electrons. The van der Waals surface area contributed by atoms with Crippen molar-refractivity contribution in [2.45, 2.75) is 26.8 Å². The molecule has 9 heteroatoms. The summed E-state index contributed by atoms with van der Waals surface area (Å²) < 4.78 is 0. The summed E-state index contributed by atoms with van der Waals surface area (Å²) >= 11 is 0. The number of aromatic carboxylic acids is 1. The molecular formula is C20H19N3O6. The summed E-state index contributed by atoms with van der Waals surface area (Å²) in [6, 6.07) is 3.28. The van der Waals surface area contributed by atoms with Gasteiger partial charge >= 0.3 is 11.9 Å². The minimum Gasteiger partial charge on any atom is -0.480 e. The van der Waals surface area contributed by atoms with Crippen molar-refractivity contribution in [2.24, 2.45) is 0 Å². The molecule has 1 aromatic heterocycles. The summed E-state index contributed by atoms with van der Waals surface area (Å²) in [5, 5.41) is 23.3. The lowest BCUT2D eigenvalue weighted by Crippen LogP contribution is -2.38. The maximum Gasteiger partial charge on any atom is 0.335 e. The number of aromatic amines is 1. The molecule has 0 radical (unpaired) electrons. The maximum atomic E-state index is 12.5. The fraction of sp³-hybridized carbons (Fsp3) is 0.200. The van der Waals surface area contributed by atoms with Crippen molar-refractivity contribution in [1.82, 2.24) is 10.3 Å². The number of anilines is 1. The lowest BCUT2D eigenvalue weighted by Gasteiger charge is -2.09. The molecule has 0 unspecified atom stereocenters. The van der Waals surface area contributed by atoms with Gasteiger partial charge in [-0.25, -0.2) is 4.79 Å². The highest BCUT2D eigenvalue weighted by Crippen LogP contribution is 2.34. The number of nitrogens with one attached hydrogen (secondary N) is 3. The number of fused-ring (bicyclic) bond motifs is 1. The molecule has 0 saturated heterocycles. The number of carbonyl (C=O) groups excluding carboxylic acids is 2. The van der Waals surface area contributed by atoms with Crippen LogP contribution in [0.25, 0.3) is 11.6 Å². The zero-order chi connectivity index (χ0) is 21.5. The predicted octanol–water partition coefficient (Wildman–Crippen LogP) is 2.03. The molecule has 1 aliphatic heterocycles. The van der Waals surface area contributed by atoms with Gasteiger partial charge in [0.1, 0.15) is 6.04 Å². The van der Waals surface area contributed by atoms with E-state index in [1.165, 1.54) is 25.1 Å². The molecule has 29 heavy (non-hydrogen) atoms. The van der Waals surface area contributed by atoms with Crippen LogP contribution >= 0.6 is 0 Å². The third-order valence-electron chi connectivity index (χ3n) is 4.76. The van der Waals surface area contributed by atoms with Crippen LogP contribution in [0.2, 0.25) is 0 Å². The lowest BCUT2D eigenvalue weighted by atomic mass is 10.0. The second-order valence-electron chi connectivity index (χ2n) is 6.77. The number of H-pyrrole nitrogens is 1. The highest BCUT2D eigenvalue weighted by molar-refractivity contribution is 6.35. The van der Waals surface area contributed by atoms with Gasteiger partial charge in [-0.2, -0.15) is 0 Å². The standard InChI is InChI=1S/C20H19N3O6/c1-8-15(21-9(2)16(8)18(25)22-10(3)19(26)27)7-13-12-6-11(20(28)29)4-5-14(12)23-17(13)24/h4-7,10,21H,1-3H3,(H,22,25)(H,23,24)(H,26,27)(H,28,29)/t10-/m1/s1. The average Bonchev–Trinajstić information content (AvgIpc) is 3.10. The summed E-state index contributed by atoms with van der Waals surface area (Å²) in [4.78, 5) is 50.1. The molecule has 2 heterocycles. The van der Waals surface area contributed by atoms with Crippen LogP contribution < -0.4 is 10.6 Å². The summed E-state index contributed by atoms with van der Waals surface area (Å²) in [6.07, 6.45) is 1.55. The Kier molecular flexibility index (Phi) is 4.98. The number of hydrogen-bond acceptors (Lipinski definition) is 4. The molecule has 1 aromatic carbocycles. The van der Waals surface area contributed by atoms with Crippen LogP contribution in [-0.4, -0.2) is 45.0 Å². The van der Waals surface area contributed by atoms with Gasteiger partial charge in [0.15, 0.2) is 0 Å². The molecule has 3 rings (SSSR count). The largest absolute Gasteiger partial charge is 0.480 e. The molecule has 0 fully saturated rings. The van der Waals surface area contributed by atoms with Gasteiger partial charge < -0.3 is 25.8 Å². The third kappa shape index (κ3) is 3.62. The van der Waals surface area contributed by atoms with Gasteiger partial charge in [-0.15, -0.1) is 0 Å². The van der Waals surface area contributed by atoms with E-state index in [0.29, 0.717) is 33.8 Å². The summed E-state index contributed by atoms with van der Waals surface area (Å²) in [5.74, 6) is -3.19. The normalized spacial score (nSPS) is 15.0. The van der Waals surface area contributed by atoms with E-state index in [-0.39, 0.29) is 17.0 Å². The van der Waals surface area contributed by atoms with Crippen LogP contribution in [0.1, 0.15) is 50.2 Å². The predicted molar refractivity (Wildman–Crippen MR) is 105 cm³/mol. The molecular weight excluding hydrogens is 378 g/mol. The second kappa shape index (κ2) is 7.27. The first-order chi connectivity index (χ1) is 13.6. The van der Waals surface area contributed by atoms with Gasteiger partial charge in [-0.1, -0.05) is 0 Å². The Balaban J connectivity index is 2.02. The van der Waals surface area contributed by atoms with Crippen molar-refractivity contribution in [2.75, 3.05) is 5.32 Å². The topological polar surface area (TPSA) is 149 Å². The summed E-state index contributed by atoms with van der Waals surface area (Å²) in [7, 11) is 0. The highest BCUT2D eigenvalue weighted by Gasteiger charge is 2.27. The highest BCUT2D eigenvalue weighted by atomic mass is 16.4. The monoisotopic (exact) mass is 397 g/mol. The fourth-order valence-electron chi connectivity index (χ4n) is 3.20. The van der Waals surface area contributed by atoms with Gasteiger partial charge in [0.25, 0.3) is 11.8 Å². The Morgan fingerprint density at radius 2 is 1.86 bits per heavy atom. The lowest BCUT2D eigenvalue weighted by molar-refractivity contribution is -0.138. The van der Waals surface area contributed by atoms with E-state index >= 15 is 0 Å². The number of amides is 2. The Hall–Kier alpha value is -3.88. The van der Waals surface area contributed by atoms with Crippen LogP contribution in [0.3, 0.4) is 0 Å². The number of rotatable bonds is 5. The molecule has 2 amide bonds. The van der Waals surface area contributed by atoms with Crippen LogP contribution in [0, 0.1) is 13.8 Å². The number of carboxylic acids is 2. The van der Waals surface area contributed by atoms with E-state index in [0.717, 1.165) is 0 Å². The maximum absolute atomic E-state index is 12.5. The van der Waals surface area contributed by atoms with Gasteiger partial charge in [-0.05, 0) is 50.6 Å². The first kappa shape index (κ1) is 19.9. The average molecular weight is 397 g/mol. The van der Waals surface area contributed by atoms with Crippen LogP contribution in [0.5, 0.6) is 0 Å². The molecule has 5 N–H and O–H groups in total. The van der Waals surface area contributed by atoms with E-state index in [1.807, 2.05) is 0 Å². The van der Waals surface area contributed by atoms with Gasteiger partial charge in [0.05, 0.1) is 16.7 Å². The van der Waals surface area contributed by atoms with Crippen molar-refractivity contribution >= 4 is 41.1 Å². The summed E-state index contributed by atoms with van der Waals surface area (Å²) in [5.41, 5.74) is 3.11. The van der Waals surface area contributed by atoms with E-state index in [1.54, 1.807) is 19.9 Å². The van der Waals surface area contributed by atoms with E-state index in [9.17, 15) is 24.3 Å². The quantitative estimate of drug-likeness (QED) is 0.488. The molecule has 2 aromatic rings. The minimum absolute atomic E-state index is 0.0493. The smallest absolute Gasteiger partial charge is 0.335 e. The van der Waals surface area contributed by atoms with Crippen molar-refractivity contribution in [3.05, 3.63) is 51.8 Å². The van der Waals surface area contributed by atoms with Crippen molar-refractivity contribution in [3.63, 3.8) is 0 Å². The molecule has 1 atom stereocenters. The van der Waals surface area contributed by atoms with Crippen LogP contribution in [-0.2, 0) is 9.59 Å². The number of hydrogen-bond donors (Lipinski definition) is 5. The van der Waals surface area contributed by atoms with Crippen molar-refractivity contribution < 1.29 is 29.4 Å². The zero-order valence-corrected chi connectivity index (χ0v) is 15.9. The van der Waals surface area contributed by atoms with Gasteiger partial charge in [0, 0.05) is 22.6 Å². The SMILES string of the molecule is Cc1[nH]c(C=C2C(=O)Nc3ccc(C(=O)O)cc32)c(C)c1C(=O)N[C@H](C)C(=O)O. The zero-order valence-electron chi connectivity index (χ0n) is 15.9. The number of carboxylic acid groups (broad SMARTS) is 2. The van der Waals surface area contributed by atoms with E-state index in [2.05, 4.69) is 15.6 Å². The fourth-order valence-corrected chi connectivity index (χ4v) is 3.20. The van der Waals surface area contributed by atoms with Crippen molar-refractivity contribution in [3.8, 4) is 0 Å². The second-order valence-corrected chi connectivity index (χ2v) is 6.77. The van der Waals surface area contributed by atoms with E-state index < -0.39 is 23.9 Å². The molecule has 1 aliphatic rings. The van der Waals surface area contributed by atoms with Crippen molar-refractivity contribution in [1.29, 1.82) is 0 Å². The van der Waals surface area contributed by atoms with Crippen LogP contribution in [0.4, 0.5) is 5.69 Å². The first-order valence-electron chi connectivity index (χ1n) is 8.73. The number of aliphatic carboxylic acids is 1. The van der Waals surface area contributed by atoms with Gasteiger partial charge in [0.2, 0.25) is 0 Å².